The van der Waals surface area contributed by atoms with Gasteiger partial charge in [0.2, 0.25) is 0 Å². The summed E-state index contributed by atoms with van der Waals surface area (Å²) in [5, 5.41) is 19.7. The molecule has 0 amide bonds. The second kappa shape index (κ2) is 6.52. The van der Waals surface area contributed by atoms with E-state index in [-0.39, 0.29) is 28.5 Å². The van der Waals surface area contributed by atoms with E-state index in [1.165, 1.54) is 18.2 Å². The summed E-state index contributed by atoms with van der Waals surface area (Å²) >= 11 is 5.85. The van der Waals surface area contributed by atoms with Crippen LogP contribution in [0.1, 0.15) is 12.5 Å². The fourth-order valence-corrected chi connectivity index (χ4v) is 1.43. The summed E-state index contributed by atoms with van der Waals surface area (Å²) < 4.78 is 4.68. The van der Waals surface area contributed by atoms with Gasteiger partial charge in [0.25, 0.3) is 5.69 Å². The third-order valence-electron chi connectivity index (χ3n) is 2.11. The molecule has 0 unspecified atom stereocenters. The molecule has 0 saturated heterocycles. The Morgan fingerprint density at radius 2 is 2.32 bits per heavy atom. The van der Waals surface area contributed by atoms with E-state index in [9.17, 15) is 14.9 Å². The number of hydrogen-bond donors (Lipinski definition) is 0. The van der Waals surface area contributed by atoms with Gasteiger partial charge in [-0.3, -0.25) is 10.1 Å². The van der Waals surface area contributed by atoms with E-state index in [1.807, 2.05) is 0 Å². The van der Waals surface area contributed by atoms with Crippen molar-refractivity contribution in [2.75, 3.05) is 6.61 Å². The van der Waals surface area contributed by atoms with Crippen LogP contribution in [-0.4, -0.2) is 17.5 Å². The Morgan fingerprint density at radius 1 is 1.63 bits per heavy atom. The summed E-state index contributed by atoms with van der Waals surface area (Å²) in [7, 11) is 0. The summed E-state index contributed by atoms with van der Waals surface area (Å²) in [6.45, 7) is 1.73. The molecular formula is C12H9ClN2O4. The second-order valence-corrected chi connectivity index (χ2v) is 3.76. The molecule has 0 aliphatic rings. The van der Waals surface area contributed by atoms with E-state index in [0.717, 1.165) is 6.08 Å². The molecule has 0 atom stereocenters. The molecule has 0 fully saturated rings. The molecular weight excluding hydrogens is 272 g/mol. The quantitative estimate of drug-likeness (QED) is 0.278. The van der Waals surface area contributed by atoms with Crippen LogP contribution in [0.4, 0.5) is 5.69 Å². The van der Waals surface area contributed by atoms with Crippen molar-refractivity contribution in [3.8, 4) is 6.07 Å². The summed E-state index contributed by atoms with van der Waals surface area (Å²) in [5.74, 6) is -0.799. The number of halogens is 1. The van der Waals surface area contributed by atoms with Gasteiger partial charge in [-0.1, -0.05) is 11.6 Å². The first-order chi connectivity index (χ1) is 8.99. The van der Waals surface area contributed by atoms with Crippen molar-refractivity contribution in [2.24, 2.45) is 0 Å². The normalized spacial score (nSPS) is 10.7. The molecule has 0 aliphatic carbocycles. The molecule has 0 aromatic heterocycles. The number of nitrogens with zero attached hydrogens (tertiary/aromatic N) is 2. The number of benzene rings is 1. The van der Waals surface area contributed by atoms with Crippen molar-refractivity contribution < 1.29 is 14.5 Å². The third kappa shape index (κ3) is 3.79. The molecule has 0 spiro atoms. The molecule has 7 heteroatoms. The van der Waals surface area contributed by atoms with Crippen LogP contribution in [0.15, 0.2) is 23.8 Å². The lowest BCUT2D eigenvalue weighted by atomic mass is 10.1. The third-order valence-corrected chi connectivity index (χ3v) is 2.45. The van der Waals surface area contributed by atoms with Crippen molar-refractivity contribution in [1.82, 2.24) is 0 Å². The summed E-state index contributed by atoms with van der Waals surface area (Å²) in [6, 6.07) is 5.41. The van der Waals surface area contributed by atoms with Gasteiger partial charge in [0.15, 0.2) is 0 Å². The molecule has 19 heavy (non-hydrogen) atoms. The Balaban J connectivity index is 3.22. The van der Waals surface area contributed by atoms with E-state index < -0.39 is 10.9 Å². The smallest absolute Gasteiger partial charge is 0.348 e. The fraction of sp³-hybridized carbons (Fsp3) is 0.167. The molecule has 6 nitrogen and oxygen atoms in total. The van der Waals surface area contributed by atoms with Crippen molar-refractivity contribution in [2.45, 2.75) is 6.92 Å². The van der Waals surface area contributed by atoms with E-state index in [2.05, 4.69) is 4.74 Å². The summed E-state index contributed by atoms with van der Waals surface area (Å²) in [6.07, 6.45) is 1.16. The summed E-state index contributed by atoms with van der Waals surface area (Å²) in [4.78, 5) is 21.5. The SMILES string of the molecule is CCOC(=O)/C(C#N)=C/c1cc([N+](=O)[O-])ccc1Cl. The Kier molecular flexibility index (Phi) is 5.03. The second-order valence-electron chi connectivity index (χ2n) is 3.35. The van der Waals surface area contributed by atoms with Crippen LogP contribution in [0.3, 0.4) is 0 Å². The van der Waals surface area contributed by atoms with Crippen LogP contribution in [0.25, 0.3) is 6.08 Å². The van der Waals surface area contributed by atoms with Gasteiger partial charge in [-0.25, -0.2) is 4.79 Å². The number of nitro groups is 1. The number of nitro benzene ring substituents is 1. The molecule has 1 aromatic carbocycles. The lowest BCUT2D eigenvalue weighted by molar-refractivity contribution is -0.384. The Morgan fingerprint density at radius 3 is 2.84 bits per heavy atom. The van der Waals surface area contributed by atoms with Gasteiger partial charge < -0.3 is 4.74 Å². The van der Waals surface area contributed by atoms with Gasteiger partial charge in [-0.2, -0.15) is 5.26 Å². The molecule has 0 radical (unpaired) electrons. The molecule has 0 heterocycles. The number of carbonyl (C=O) groups excluding carboxylic acids is 1. The highest BCUT2D eigenvalue weighted by molar-refractivity contribution is 6.32. The number of rotatable bonds is 4. The molecule has 0 N–H and O–H groups in total. The topological polar surface area (TPSA) is 93.2 Å². The zero-order valence-electron chi connectivity index (χ0n) is 9.92. The first kappa shape index (κ1) is 14.7. The maximum atomic E-state index is 11.4. The van der Waals surface area contributed by atoms with Gasteiger partial charge in [0.1, 0.15) is 11.6 Å². The minimum atomic E-state index is -0.799. The molecule has 1 aromatic rings. The fourth-order valence-electron chi connectivity index (χ4n) is 1.26. The zero-order valence-corrected chi connectivity index (χ0v) is 10.7. The van der Waals surface area contributed by atoms with Crippen LogP contribution in [0, 0.1) is 21.4 Å². The summed E-state index contributed by atoms with van der Waals surface area (Å²) in [5.41, 5.74) is -0.249. The molecule has 1 rings (SSSR count). The Bertz CT molecular complexity index is 590. The molecule has 0 aliphatic heterocycles. The minimum absolute atomic E-state index is 0.126. The van der Waals surface area contributed by atoms with E-state index in [1.54, 1.807) is 13.0 Å². The lowest BCUT2D eigenvalue weighted by Gasteiger charge is -2.01. The first-order valence-electron chi connectivity index (χ1n) is 5.22. The Labute approximate surface area is 114 Å². The molecule has 98 valence electrons. The van der Waals surface area contributed by atoms with Crippen molar-refractivity contribution in [1.29, 1.82) is 5.26 Å². The largest absolute Gasteiger partial charge is 0.462 e. The number of carbonyl (C=O) groups is 1. The minimum Gasteiger partial charge on any atom is -0.462 e. The predicted molar refractivity (Wildman–Crippen MR) is 68.3 cm³/mol. The number of esters is 1. The van der Waals surface area contributed by atoms with Crippen molar-refractivity contribution in [3.63, 3.8) is 0 Å². The average molecular weight is 281 g/mol. The van der Waals surface area contributed by atoms with E-state index >= 15 is 0 Å². The number of hydrogen-bond acceptors (Lipinski definition) is 5. The Hall–Kier alpha value is -2.39. The van der Waals surface area contributed by atoms with Gasteiger partial charge in [0.05, 0.1) is 11.5 Å². The van der Waals surface area contributed by atoms with Gasteiger partial charge in [-0.05, 0) is 19.1 Å². The number of nitriles is 1. The van der Waals surface area contributed by atoms with Crippen molar-refractivity contribution in [3.05, 3.63) is 44.5 Å². The monoisotopic (exact) mass is 280 g/mol. The standard InChI is InChI=1S/C12H9ClN2O4/c1-2-19-12(16)9(7-14)5-8-6-10(15(17)18)3-4-11(8)13/h3-6H,2H2,1H3/b9-5+. The van der Waals surface area contributed by atoms with Gasteiger partial charge >= 0.3 is 5.97 Å². The van der Waals surface area contributed by atoms with Crippen LogP contribution in [-0.2, 0) is 9.53 Å². The van der Waals surface area contributed by atoms with Gasteiger partial charge in [-0.15, -0.1) is 0 Å². The van der Waals surface area contributed by atoms with Gasteiger partial charge in [0, 0.05) is 22.7 Å². The van der Waals surface area contributed by atoms with Crippen LogP contribution in [0.2, 0.25) is 5.02 Å². The first-order valence-corrected chi connectivity index (χ1v) is 5.60. The van der Waals surface area contributed by atoms with Crippen molar-refractivity contribution >= 4 is 29.3 Å². The highest BCUT2D eigenvalue weighted by Crippen LogP contribution is 2.24. The molecule has 0 bridgehead atoms. The molecule has 0 saturated carbocycles. The number of non-ortho nitro benzene ring substituents is 1. The highest BCUT2D eigenvalue weighted by Gasteiger charge is 2.13. The maximum Gasteiger partial charge on any atom is 0.348 e. The predicted octanol–water partition coefficient (Wildman–Crippen LogP) is 2.72. The lowest BCUT2D eigenvalue weighted by Crippen LogP contribution is -2.06. The number of ether oxygens (including phenoxy) is 1. The zero-order chi connectivity index (χ0) is 14.4. The average Bonchev–Trinajstić information content (AvgIpc) is 2.37. The van der Waals surface area contributed by atoms with Crippen LogP contribution >= 0.6 is 11.6 Å². The highest BCUT2D eigenvalue weighted by atomic mass is 35.5. The maximum absolute atomic E-state index is 11.4. The van der Waals surface area contributed by atoms with E-state index in [4.69, 9.17) is 16.9 Å². The van der Waals surface area contributed by atoms with Crippen LogP contribution < -0.4 is 0 Å². The van der Waals surface area contributed by atoms with E-state index in [0.29, 0.717) is 0 Å². The van der Waals surface area contributed by atoms with Crippen LogP contribution in [0.5, 0.6) is 0 Å².